The minimum atomic E-state index is 0.715. The van der Waals surface area contributed by atoms with Crippen molar-refractivity contribution in [3.63, 3.8) is 0 Å². The standard InChI is InChI=1S/C14H24N2O/c1-11(2)6-8-16-9-7-12-4-5-14(17-3)13(15)10-12/h4-5,10-11,16H,6-9,15H2,1-3H3. The molecule has 96 valence electrons. The Kier molecular flexibility index (Phi) is 5.84. The van der Waals surface area contributed by atoms with Crippen LogP contribution in [0, 0.1) is 5.92 Å². The largest absolute Gasteiger partial charge is 0.495 e. The zero-order chi connectivity index (χ0) is 12.7. The van der Waals surface area contributed by atoms with Crippen LogP contribution in [0.5, 0.6) is 5.75 Å². The number of methoxy groups -OCH3 is 1. The van der Waals surface area contributed by atoms with Crippen molar-refractivity contribution in [2.24, 2.45) is 5.92 Å². The van der Waals surface area contributed by atoms with Gasteiger partial charge in [0.05, 0.1) is 12.8 Å². The number of nitrogens with two attached hydrogens (primary N) is 1. The lowest BCUT2D eigenvalue weighted by atomic mass is 10.1. The molecule has 3 heteroatoms. The van der Waals surface area contributed by atoms with Gasteiger partial charge in [0.15, 0.2) is 0 Å². The number of benzene rings is 1. The first-order valence-electron chi connectivity index (χ1n) is 6.26. The lowest BCUT2D eigenvalue weighted by Crippen LogP contribution is -2.19. The highest BCUT2D eigenvalue weighted by Crippen LogP contribution is 2.21. The number of ether oxygens (including phenoxy) is 1. The average molecular weight is 236 g/mol. The van der Waals surface area contributed by atoms with Crippen LogP contribution in [0.1, 0.15) is 25.8 Å². The Morgan fingerprint density at radius 2 is 2.06 bits per heavy atom. The van der Waals surface area contributed by atoms with Crippen LogP contribution >= 0.6 is 0 Å². The summed E-state index contributed by atoms with van der Waals surface area (Å²) in [6.07, 6.45) is 2.23. The first-order valence-corrected chi connectivity index (χ1v) is 6.26. The van der Waals surface area contributed by atoms with E-state index < -0.39 is 0 Å². The number of anilines is 1. The third-order valence-corrected chi connectivity index (χ3v) is 2.78. The smallest absolute Gasteiger partial charge is 0.141 e. The maximum atomic E-state index is 5.86. The van der Waals surface area contributed by atoms with Gasteiger partial charge < -0.3 is 15.8 Å². The topological polar surface area (TPSA) is 47.3 Å². The van der Waals surface area contributed by atoms with E-state index >= 15 is 0 Å². The van der Waals surface area contributed by atoms with E-state index in [1.54, 1.807) is 7.11 Å². The summed E-state index contributed by atoms with van der Waals surface area (Å²) >= 11 is 0. The molecule has 0 unspecified atom stereocenters. The van der Waals surface area contributed by atoms with Crippen molar-refractivity contribution in [2.45, 2.75) is 26.7 Å². The van der Waals surface area contributed by atoms with Gasteiger partial charge in [0.2, 0.25) is 0 Å². The summed E-state index contributed by atoms with van der Waals surface area (Å²) in [7, 11) is 1.64. The van der Waals surface area contributed by atoms with Gasteiger partial charge in [-0.15, -0.1) is 0 Å². The van der Waals surface area contributed by atoms with Gasteiger partial charge in [-0.05, 0) is 49.5 Å². The number of nitrogens with one attached hydrogen (secondary N) is 1. The second kappa shape index (κ2) is 7.17. The predicted octanol–water partition coefficient (Wildman–Crippen LogP) is 2.46. The Bertz CT molecular complexity index is 337. The maximum absolute atomic E-state index is 5.86. The monoisotopic (exact) mass is 236 g/mol. The molecule has 1 aromatic rings. The van der Waals surface area contributed by atoms with E-state index in [0.717, 1.165) is 31.2 Å². The Hall–Kier alpha value is -1.22. The number of nitrogen functional groups attached to an aromatic ring is 1. The Morgan fingerprint density at radius 3 is 2.65 bits per heavy atom. The molecule has 17 heavy (non-hydrogen) atoms. The third kappa shape index (κ3) is 5.09. The Balaban J connectivity index is 2.30. The van der Waals surface area contributed by atoms with Crippen LogP contribution in [0.2, 0.25) is 0 Å². The molecule has 0 heterocycles. The van der Waals surface area contributed by atoms with E-state index in [2.05, 4.69) is 25.2 Å². The van der Waals surface area contributed by atoms with Gasteiger partial charge in [0.25, 0.3) is 0 Å². The maximum Gasteiger partial charge on any atom is 0.141 e. The minimum absolute atomic E-state index is 0.715. The number of rotatable bonds is 7. The van der Waals surface area contributed by atoms with Crippen LogP contribution in [0.25, 0.3) is 0 Å². The molecule has 0 amide bonds. The van der Waals surface area contributed by atoms with E-state index in [-0.39, 0.29) is 0 Å². The van der Waals surface area contributed by atoms with Crippen molar-refractivity contribution < 1.29 is 4.74 Å². The minimum Gasteiger partial charge on any atom is -0.495 e. The van der Waals surface area contributed by atoms with Crippen molar-refractivity contribution in [1.29, 1.82) is 0 Å². The molecule has 0 bridgehead atoms. The van der Waals surface area contributed by atoms with E-state index in [9.17, 15) is 0 Å². The average Bonchev–Trinajstić information content (AvgIpc) is 2.28. The Labute approximate surface area is 104 Å². The van der Waals surface area contributed by atoms with Crippen LogP contribution in [0.3, 0.4) is 0 Å². The van der Waals surface area contributed by atoms with Gasteiger partial charge in [-0.25, -0.2) is 0 Å². The fourth-order valence-electron chi connectivity index (χ4n) is 1.69. The molecule has 0 spiro atoms. The summed E-state index contributed by atoms with van der Waals surface area (Å²) in [5, 5.41) is 3.44. The molecular formula is C14H24N2O. The zero-order valence-electron chi connectivity index (χ0n) is 11.1. The molecular weight excluding hydrogens is 212 g/mol. The molecule has 0 aromatic heterocycles. The molecule has 1 rings (SSSR count). The molecule has 1 aromatic carbocycles. The zero-order valence-corrected chi connectivity index (χ0v) is 11.1. The van der Waals surface area contributed by atoms with Crippen molar-refractivity contribution in [3.8, 4) is 5.75 Å². The van der Waals surface area contributed by atoms with E-state index in [0.29, 0.717) is 5.69 Å². The lowest BCUT2D eigenvalue weighted by Gasteiger charge is -2.09. The fraction of sp³-hybridized carbons (Fsp3) is 0.571. The molecule has 3 N–H and O–H groups in total. The fourth-order valence-corrected chi connectivity index (χ4v) is 1.69. The SMILES string of the molecule is COc1ccc(CCNCCC(C)C)cc1N. The van der Waals surface area contributed by atoms with Crippen molar-refractivity contribution in [2.75, 3.05) is 25.9 Å². The summed E-state index contributed by atoms with van der Waals surface area (Å²) < 4.78 is 5.13. The highest BCUT2D eigenvalue weighted by molar-refractivity contribution is 5.54. The molecule has 3 nitrogen and oxygen atoms in total. The summed E-state index contributed by atoms with van der Waals surface area (Å²) in [4.78, 5) is 0. The normalized spacial score (nSPS) is 10.8. The van der Waals surface area contributed by atoms with Crippen LogP contribution in [-0.4, -0.2) is 20.2 Å². The number of hydrogen-bond acceptors (Lipinski definition) is 3. The summed E-state index contributed by atoms with van der Waals surface area (Å²) in [5.74, 6) is 1.51. The molecule has 0 saturated heterocycles. The van der Waals surface area contributed by atoms with E-state index in [1.165, 1.54) is 12.0 Å². The second-order valence-electron chi connectivity index (χ2n) is 4.76. The molecule has 0 fully saturated rings. The van der Waals surface area contributed by atoms with Gasteiger partial charge in [-0.3, -0.25) is 0 Å². The quantitative estimate of drug-likeness (QED) is 0.565. The van der Waals surface area contributed by atoms with E-state index in [1.807, 2.05) is 12.1 Å². The Morgan fingerprint density at radius 1 is 1.29 bits per heavy atom. The van der Waals surface area contributed by atoms with Crippen LogP contribution in [0.4, 0.5) is 5.69 Å². The molecule has 0 atom stereocenters. The summed E-state index contributed by atoms with van der Waals surface area (Å²) in [5.41, 5.74) is 7.82. The number of hydrogen-bond donors (Lipinski definition) is 2. The van der Waals surface area contributed by atoms with E-state index in [4.69, 9.17) is 10.5 Å². The highest BCUT2D eigenvalue weighted by atomic mass is 16.5. The summed E-state index contributed by atoms with van der Waals surface area (Å²) in [6.45, 7) is 6.57. The van der Waals surface area contributed by atoms with Crippen LogP contribution in [-0.2, 0) is 6.42 Å². The second-order valence-corrected chi connectivity index (χ2v) is 4.76. The van der Waals surface area contributed by atoms with Gasteiger partial charge in [-0.1, -0.05) is 19.9 Å². The van der Waals surface area contributed by atoms with Crippen molar-refractivity contribution in [1.82, 2.24) is 5.32 Å². The van der Waals surface area contributed by atoms with Crippen molar-refractivity contribution in [3.05, 3.63) is 23.8 Å². The first kappa shape index (κ1) is 13.8. The van der Waals surface area contributed by atoms with Gasteiger partial charge in [0, 0.05) is 0 Å². The highest BCUT2D eigenvalue weighted by Gasteiger charge is 2.00. The van der Waals surface area contributed by atoms with Gasteiger partial charge in [-0.2, -0.15) is 0 Å². The first-order chi connectivity index (χ1) is 8.13. The van der Waals surface area contributed by atoms with Gasteiger partial charge in [0.1, 0.15) is 5.75 Å². The van der Waals surface area contributed by atoms with Crippen LogP contribution in [0.15, 0.2) is 18.2 Å². The molecule has 0 radical (unpaired) electrons. The van der Waals surface area contributed by atoms with Gasteiger partial charge >= 0.3 is 0 Å². The molecule has 0 aliphatic rings. The van der Waals surface area contributed by atoms with Crippen LogP contribution < -0.4 is 15.8 Å². The third-order valence-electron chi connectivity index (χ3n) is 2.78. The lowest BCUT2D eigenvalue weighted by molar-refractivity contribution is 0.417. The van der Waals surface area contributed by atoms with Crippen molar-refractivity contribution >= 4 is 5.69 Å². The molecule has 0 aliphatic carbocycles. The predicted molar refractivity (Wildman–Crippen MR) is 73.4 cm³/mol. The molecule has 0 saturated carbocycles. The molecule has 0 aliphatic heterocycles. The summed E-state index contributed by atoms with van der Waals surface area (Å²) in [6, 6.07) is 5.99.